The molecule has 2 aromatic heterocycles. The molecule has 2 amide bonds. The minimum absolute atomic E-state index is 0.0441. The van der Waals surface area contributed by atoms with Gasteiger partial charge < -0.3 is 24.4 Å². The molecule has 1 unspecified atom stereocenters. The number of imidazole rings is 1. The van der Waals surface area contributed by atoms with Gasteiger partial charge in [0, 0.05) is 69.4 Å². The van der Waals surface area contributed by atoms with Gasteiger partial charge in [-0.25, -0.2) is 9.59 Å². The summed E-state index contributed by atoms with van der Waals surface area (Å²) < 4.78 is 7.79. The quantitative estimate of drug-likeness (QED) is 0.304. The van der Waals surface area contributed by atoms with Gasteiger partial charge in [-0.1, -0.05) is 41.9 Å². The van der Waals surface area contributed by atoms with Gasteiger partial charge in [0.05, 0.1) is 22.4 Å². The first-order chi connectivity index (χ1) is 23.3. The Morgan fingerprint density at radius 3 is 2.38 bits per heavy atom. The van der Waals surface area contributed by atoms with E-state index in [1.54, 1.807) is 21.7 Å². The number of fused-ring (bicyclic) bond motifs is 1. The number of H-pyrrole nitrogens is 2. The minimum Gasteiger partial charge on any atom is -0.436 e. The van der Waals surface area contributed by atoms with Gasteiger partial charge in [0.25, 0.3) is 5.91 Å². The van der Waals surface area contributed by atoms with Crippen molar-refractivity contribution in [2.24, 2.45) is 0 Å². The van der Waals surface area contributed by atoms with Crippen LogP contribution in [-0.4, -0.2) is 123 Å². The molecule has 0 bridgehead atoms. The van der Waals surface area contributed by atoms with Crippen molar-refractivity contribution in [2.75, 3.05) is 59.4 Å². The topological polar surface area (TPSA) is 123 Å². The molecule has 5 heterocycles. The number of likely N-dealkylation sites (tertiary alicyclic amines) is 2. The van der Waals surface area contributed by atoms with Crippen molar-refractivity contribution in [2.45, 2.75) is 50.3 Å². The Hall–Kier alpha value is -4.13. The van der Waals surface area contributed by atoms with Crippen molar-refractivity contribution in [3.8, 4) is 11.3 Å². The van der Waals surface area contributed by atoms with E-state index in [9.17, 15) is 14.4 Å². The number of hydrogen-bond acceptors (Lipinski definition) is 7. The number of carbonyl (C=O) groups is 2. The summed E-state index contributed by atoms with van der Waals surface area (Å²) in [5.41, 5.74) is 3.08. The van der Waals surface area contributed by atoms with Crippen LogP contribution in [0.25, 0.3) is 22.2 Å². The van der Waals surface area contributed by atoms with E-state index >= 15 is 0 Å². The molecule has 3 aliphatic rings. The summed E-state index contributed by atoms with van der Waals surface area (Å²) in [6, 6.07) is 14.0. The number of carbonyl (C=O) groups excluding carboxylic acids is 2. The molecule has 2 N–H and O–H groups in total. The third-order valence-corrected chi connectivity index (χ3v) is 10.6. The molecule has 12 nitrogen and oxygen atoms in total. The van der Waals surface area contributed by atoms with E-state index in [1.165, 1.54) is 0 Å². The van der Waals surface area contributed by atoms with Crippen molar-refractivity contribution in [3.05, 3.63) is 75.9 Å². The summed E-state index contributed by atoms with van der Waals surface area (Å²) in [6.07, 6.45) is 5.74. The third kappa shape index (κ3) is 7.01. The molecular formula is C35H43ClN8O4. The van der Waals surface area contributed by atoms with Crippen molar-refractivity contribution in [3.63, 3.8) is 0 Å². The smallest absolute Gasteiger partial charge is 0.410 e. The van der Waals surface area contributed by atoms with Crippen LogP contribution < -0.4 is 5.69 Å². The normalized spacial score (nSPS) is 19.5. The van der Waals surface area contributed by atoms with E-state index in [4.69, 9.17) is 16.3 Å². The molecule has 2 aromatic carbocycles. The number of hydrogen-bond donors (Lipinski definition) is 2. The van der Waals surface area contributed by atoms with E-state index in [2.05, 4.69) is 32.0 Å². The maximum absolute atomic E-state index is 14.1. The maximum atomic E-state index is 14.1. The fourth-order valence-corrected chi connectivity index (χ4v) is 7.71. The van der Waals surface area contributed by atoms with Crippen molar-refractivity contribution >= 4 is 34.5 Å². The highest BCUT2D eigenvalue weighted by Gasteiger charge is 2.35. The number of piperazine rings is 1. The molecular weight excluding hydrogens is 632 g/mol. The molecule has 0 saturated carbocycles. The lowest BCUT2D eigenvalue weighted by atomic mass is 10.0. The first kappa shape index (κ1) is 32.4. The average Bonchev–Trinajstić information content (AvgIpc) is 3.76. The van der Waals surface area contributed by atoms with E-state index in [0.717, 1.165) is 66.7 Å². The summed E-state index contributed by atoms with van der Waals surface area (Å²) in [4.78, 5) is 51.8. The maximum Gasteiger partial charge on any atom is 0.410 e. The van der Waals surface area contributed by atoms with Crippen molar-refractivity contribution in [1.82, 2.24) is 39.3 Å². The van der Waals surface area contributed by atoms with E-state index in [-0.39, 0.29) is 24.1 Å². The number of aromatic amines is 2. The van der Waals surface area contributed by atoms with E-state index < -0.39 is 12.2 Å². The second kappa shape index (κ2) is 14.2. The number of rotatable bonds is 7. The molecule has 7 rings (SSSR count). The number of nitrogens with one attached hydrogen (secondary N) is 2. The predicted molar refractivity (Wildman–Crippen MR) is 184 cm³/mol. The number of benzene rings is 2. The van der Waals surface area contributed by atoms with E-state index in [1.807, 2.05) is 47.5 Å². The molecule has 13 heteroatoms. The fourth-order valence-electron chi connectivity index (χ4n) is 7.42. The summed E-state index contributed by atoms with van der Waals surface area (Å²) >= 11 is 6.54. The Labute approximate surface area is 284 Å². The molecule has 0 radical (unpaired) electrons. The molecule has 0 aliphatic carbocycles. The van der Waals surface area contributed by atoms with Crippen LogP contribution in [-0.2, 0) is 16.0 Å². The van der Waals surface area contributed by atoms with Crippen LogP contribution in [0.5, 0.6) is 0 Å². The fraction of sp³-hybridized carbons (Fsp3) is 0.486. The lowest BCUT2D eigenvalue weighted by Crippen LogP contribution is -2.56. The summed E-state index contributed by atoms with van der Waals surface area (Å²) in [5, 5.41) is 8.33. The van der Waals surface area contributed by atoms with E-state index in [0.29, 0.717) is 50.1 Å². The van der Waals surface area contributed by atoms with Crippen LogP contribution in [0.1, 0.15) is 37.3 Å². The summed E-state index contributed by atoms with van der Waals surface area (Å²) in [6.45, 7) is 5.86. The zero-order valence-corrected chi connectivity index (χ0v) is 28.1. The molecule has 0 spiro atoms. The Bertz CT molecular complexity index is 1780. The third-order valence-electron chi connectivity index (χ3n) is 10.3. The summed E-state index contributed by atoms with van der Waals surface area (Å²) in [5.74, 6) is -0.183. The Morgan fingerprint density at radius 1 is 0.938 bits per heavy atom. The molecule has 3 fully saturated rings. The Kier molecular flexibility index (Phi) is 9.56. The number of aromatic nitrogens is 4. The monoisotopic (exact) mass is 674 g/mol. The first-order valence-corrected chi connectivity index (χ1v) is 17.3. The van der Waals surface area contributed by atoms with Crippen LogP contribution >= 0.6 is 11.6 Å². The summed E-state index contributed by atoms with van der Waals surface area (Å²) in [7, 11) is 2.17. The van der Waals surface area contributed by atoms with Gasteiger partial charge in [0.15, 0.2) is 6.10 Å². The first-order valence-electron chi connectivity index (χ1n) is 17.0. The number of halogens is 1. The van der Waals surface area contributed by atoms with Crippen LogP contribution in [0.4, 0.5) is 4.79 Å². The van der Waals surface area contributed by atoms with Gasteiger partial charge >= 0.3 is 11.8 Å². The van der Waals surface area contributed by atoms with Crippen molar-refractivity contribution in [1.29, 1.82) is 0 Å². The molecule has 4 aromatic rings. The van der Waals surface area contributed by atoms with Crippen LogP contribution in [0.2, 0.25) is 5.02 Å². The highest BCUT2D eigenvalue weighted by atomic mass is 35.5. The van der Waals surface area contributed by atoms with Gasteiger partial charge in [-0.05, 0) is 69.1 Å². The minimum atomic E-state index is -0.994. The highest BCUT2D eigenvalue weighted by Crippen LogP contribution is 2.27. The van der Waals surface area contributed by atoms with Crippen molar-refractivity contribution < 1.29 is 14.3 Å². The zero-order chi connectivity index (χ0) is 33.2. The average molecular weight is 675 g/mol. The zero-order valence-electron chi connectivity index (χ0n) is 27.3. The lowest BCUT2D eigenvalue weighted by molar-refractivity contribution is -0.143. The SMILES string of the molecule is CN1CCC(N2CCN(C(=O)C(Cc3cc(Cl)c4[nH]ncc4c3)OC(=O)N3CCC(n4cc(-c5ccccc5)[nH]c4=O)CC3)CC2)CC1. The second-order valence-corrected chi connectivity index (χ2v) is 13.8. The second-order valence-electron chi connectivity index (χ2n) is 13.3. The van der Waals surface area contributed by atoms with Gasteiger partial charge in [-0.15, -0.1) is 0 Å². The Balaban J connectivity index is 1.01. The molecule has 3 aliphatic heterocycles. The molecule has 3 saturated heterocycles. The molecule has 254 valence electrons. The standard InChI is InChI=1S/C35H43ClN8O4/c1-40-11-7-27(8-12-40)41-15-17-42(18-16-41)33(45)31(21-24-19-26-22-37-39-32(26)29(36)20-24)48-35(47)43-13-9-28(10-14-43)44-23-30(38-34(44)46)25-5-3-2-4-6-25/h2-6,19-20,22-23,27-28,31H,7-18,21H2,1H3,(H,37,39)(H,38,46). The molecule has 48 heavy (non-hydrogen) atoms. The lowest BCUT2D eigenvalue weighted by Gasteiger charge is -2.42. The number of ether oxygens (including phenoxy) is 1. The van der Waals surface area contributed by atoms with Crippen LogP contribution in [0, 0.1) is 0 Å². The van der Waals surface area contributed by atoms with Gasteiger partial charge in [-0.3, -0.25) is 19.4 Å². The Morgan fingerprint density at radius 2 is 1.65 bits per heavy atom. The van der Waals surface area contributed by atoms with Crippen LogP contribution in [0.3, 0.4) is 0 Å². The van der Waals surface area contributed by atoms with Gasteiger partial charge in [-0.2, -0.15) is 5.10 Å². The predicted octanol–water partition coefficient (Wildman–Crippen LogP) is 4.00. The van der Waals surface area contributed by atoms with Crippen LogP contribution in [0.15, 0.2) is 59.7 Å². The van der Waals surface area contributed by atoms with Gasteiger partial charge in [0.1, 0.15) is 0 Å². The molecule has 1 atom stereocenters. The highest BCUT2D eigenvalue weighted by molar-refractivity contribution is 6.35. The number of amides is 2. The number of nitrogens with zero attached hydrogens (tertiary/aromatic N) is 6. The van der Waals surface area contributed by atoms with Gasteiger partial charge in [0.2, 0.25) is 0 Å². The largest absolute Gasteiger partial charge is 0.436 e. The number of piperidine rings is 2.